The molecule has 18 heavy (non-hydrogen) atoms. The van der Waals surface area contributed by atoms with Crippen molar-refractivity contribution in [2.75, 3.05) is 19.6 Å². The Morgan fingerprint density at radius 1 is 1.39 bits per heavy atom. The number of rotatable bonds is 7. The fourth-order valence-electron chi connectivity index (χ4n) is 1.75. The standard InChI is InChI=1S/C14H21FN2O/c1-3-16-7-8-17-14(18)9-11(2)12-5-4-6-13(15)10-12/h4-6,10-11,16H,3,7-9H2,1-2H3,(H,17,18). The topological polar surface area (TPSA) is 41.1 Å². The van der Waals surface area contributed by atoms with E-state index in [1.807, 2.05) is 19.9 Å². The van der Waals surface area contributed by atoms with Crippen LogP contribution in [0.2, 0.25) is 0 Å². The summed E-state index contributed by atoms with van der Waals surface area (Å²) in [4.78, 5) is 11.6. The van der Waals surface area contributed by atoms with E-state index >= 15 is 0 Å². The minimum atomic E-state index is -0.257. The maximum Gasteiger partial charge on any atom is 0.220 e. The molecule has 0 aliphatic heterocycles. The van der Waals surface area contributed by atoms with Gasteiger partial charge in [-0.1, -0.05) is 26.0 Å². The van der Waals surface area contributed by atoms with Gasteiger partial charge in [0.2, 0.25) is 5.91 Å². The van der Waals surface area contributed by atoms with E-state index in [0.29, 0.717) is 13.0 Å². The van der Waals surface area contributed by atoms with Crippen molar-refractivity contribution >= 4 is 5.91 Å². The van der Waals surface area contributed by atoms with Gasteiger partial charge in [-0.05, 0) is 30.2 Å². The van der Waals surface area contributed by atoms with Crippen LogP contribution in [0.5, 0.6) is 0 Å². The molecule has 0 aliphatic rings. The second-order valence-corrected chi connectivity index (χ2v) is 4.36. The van der Waals surface area contributed by atoms with Gasteiger partial charge in [0.05, 0.1) is 0 Å². The predicted octanol–water partition coefficient (Wildman–Crippen LogP) is 2.04. The summed E-state index contributed by atoms with van der Waals surface area (Å²) in [6.07, 6.45) is 0.385. The summed E-state index contributed by atoms with van der Waals surface area (Å²) >= 11 is 0. The maximum atomic E-state index is 13.0. The fourth-order valence-corrected chi connectivity index (χ4v) is 1.75. The molecule has 1 atom stereocenters. The second-order valence-electron chi connectivity index (χ2n) is 4.36. The average molecular weight is 252 g/mol. The number of hydrogen-bond acceptors (Lipinski definition) is 2. The normalized spacial score (nSPS) is 12.2. The van der Waals surface area contributed by atoms with Crippen LogP contribution in [0, 0.1) is 5.82 Å². The van der Waals surface area contributed by atoms with Gasteiger partial charge in [-0.2, -0.15) is 0 Å². The van der Waals surface area contributed by atoms with Crippen molar-refractivity contribution in [3.8, 4) is 0 Å². The molecule has 4 heteroatoms. The molecule has 0 saturated carbocycles. The lowest BCUT2D eigenvalue weighted by Gasteiger charge is -2.12. The Morgan fingerprint density at radius 2 is 2.17 bits per heavy atom. The molecule has 3 nitrogen and oxygen atoms in total. The zero-order chi connectivity index (χ0) is 13.4. The molecule has 0 spiro atoms. The van der Waals surface area contributed by atoms with Gasteiger partial charge in [0.25, 0.3) is 0 Å². The molecule has 100 valence electrons. The van der Waals surface area contributed by atoms with Gasteiger partial charge in [0.1, 0.15) is 5.82 Å². The van der Waals surface area contributed by atoms with Crippen molar-refractivity contribution < 1.29 is 9.18 Å². The molecule has 1 aromatic carbocycles. The predicted molar refractivity (Wildman–Crippen MR) is 71.0 cm³/mol. The molecule has 1 rings (SSSR count). The number of halogens is 1. The Hall–Kier alpha value is -1.42. The SMILES string of the molecule is CCNCCNC(=O)CC(C)c1cccc(F)c1. The molecule has 0 fully saturated rings. The zero-order valence-electron chi connectivity index (χ0n) is 11.0. The molecule has 0 aliphatic carbocycles. The van der Waals surface area contributed by atoms with Crippen LogP contribution in [0.1, 0.15) is 31.7 Å². The van der Waals surface area contributed by atoms with E-state index in [9.17, 15) is 9.18 Å². The molecule has 1 amide bonds. The average Bonchev–Trinajstić information content (AvgIpc) is 2.34. The number of carbonyl (C=O) groups is 1. The third kappa shape index (κ3) is 5.27. The fraction of sp³-hybridized carbons (Fsp3) is 0.500. The van der Waals surface area contributed by atoms with Gasteiger partial charge in [0, 0.05) is 19.5 Å². The number of nitrogens with one attached hydrogen (secondary N) is 2. The lowest BCUT2D eigenvalue weighted by molar-refractivity contribution is -0.121. The quantitative estimate of drug-likeness (QED) is 0.729. The molecule has 0 aromatic heterocycles. The molecule has 0 bridgehead atoms. The molecule has 2 N–H and O–H groups in total. The highest BCUT2D eigenvalue weighted by molar-refractivity contribution is 5.76. The highest BCUT2D eigenvalue weighted by Gasteiger charge is 2.11. The summed E-state index contributed by atoms with van der Waals surface area (Å²) in [6, 6.07) is 6.41. The minimum absolute atomic E-state index is 0.00432. The highest BCUT2D eigenvalue weighted by atomic mass is 19.1. The van der Waals surface area contributed by atoms with E-state index in [4.69, 9.17) is 0 Å². The van der Waals surface area contributed by atoms with Crippen LogP contribution in [0.25, 0.3) is 0 Å². The number of amides is 1. The van der Waals surface area contributed by atoms with Gasteiger partial charge in [-0.25, -0.2) is 4.39 Å². The van der Waals surface area contributed by atoms with E-state index in [-0.39, 0.29) is 17.6 Å². The van der Waals surface area contributed by atoms with Crippen molar-refractivity contribution in [3.05, 3.63) is 35.6 Å². The van der Waals surface area contributed by atoms with Crippen molar-refractivity contribution in [2.45, 2.75) is 26.2 Å². The smallest absolute Gasteiger partial charge is 0.220 e. The summed E-state index contributed by atoms with van der Waals surface area (Å²) < 4.78 is 13.0. The van der Waals surface area contributed by atoms with Crippen molar-refractivity contribution in [2.24, 2.45) is 0 Å². The summed E-state index contributed by atoms with van der Waals surface area (Å²) in [6.45, 7) is 6.25. The van der Waals surface area contributed by atoms with E-state index in [2.05, 4.69) is 10.6 Å². The maximum absolute atomic E-state index is 13.0. The van der Waals surface area contributed by atoms with Crippen LogP contribution < -0.4 is 10.6 Å². The van der Waals surface area contributed by atoms with Gasteiger partial charge in [-0.15, -0.1) is 0 Å². The Labute approximate surface area is 108 Å². The van der Waals surface area contributed by atoms with Crippen LogP contribution in [0.3, 0.4) is 0 Å². The third-order valence-electron chi connectivity index (χ3n) is 2.78. The van der Waals surface area contributed by atoms with Gasteiger partial charge in [0.15, 0.2) is 0 Å². The van der Waals surface area contributed by atoms with Crippen molar-refractivity contribution in [1.29, 1.82) is 0 Å². The highest BCUT2D eigenvalue weighted by Crippen LogP contribution is 2.19. The molecule has 0 saturated heterocycles. The van der Waals surface area contributed by atoms with Crippen LogP contribution in [-0.4, -0.2) is 25.5 Å². The Morgan fingerprint density at radius 3 is 2.83 bits per heavy atom. The van der Waals surface area contributed by atoms with Crippen molar-refractivity contribution in [3.63, 3.8) is 0 Å². The molecule has 1 unspecified atom stereocenters. The Kier molecular flexibility index (Phi) is 6.36. The minimum Gasteiger partial charge on any atom is -0.355 e. The first-order chi connectivity index (χ1) is 8.63. The summed E-state index contributed by atoms with van der Waals surface area (Å²) in [7, 11) is 0. The lowest BCUT2D eigenvalue weighted by atomic mass is 9.97. The van der Waals surface area contributed by atoms with E-state index in [1.54, 1.807) is 6.07 Å². The molecular formula is C14H21FN2O. The van der Waals surface area contributed by atoms with E-state index < -0.39 is 0 Å². The number of carbonyl (C=O) groups excluding carboxylic acids is 1. The number of hydrogen-bond donors (Lipinski definition) is 2. The van der Waals surface area contributed by atoms with Gasteiger partial charge < -0.3 is 10.6 Å². The molecule has 0 heterocycles. The van der Waals surface area contributed by atoms with Crippen LogP contribution >= 0.6 is 0 Å². The Bertz CT molecular complexity index is 382. The van der Waals surface area contributed by atoms with Crippen molar-refractivity contribution in [1.82, 2.24) is 10.6 Å². The first kappa shape index (κ1) is 14.6. The summed E-state index contributed by atoms with van der Waals surface area (Å²) in [5.74, 6) is -0.226. The summed E-state index contributed by atoms with van der Waals surface area (Å²) in [5.41, 5.74) is 0.858. The Balaban J connectivity index is 2.35. The lowest BCUT2D eigenvalue weighted by Crippen LogP contribution is -2.32. The molecule has 1 aromatic rings. The molecular weight excluding hydrogens is 231 g/mol. The largest absolute Gasteiger partial charge is 0.355 e. The second kappa shape index (κ2) is 7.82. The van der Waals surface area contributed by atoms with E-state index in [1.165, 1.54) is 12.1 Å². The first-order valence-electron chi connectivity index (χ1n) is 6.36. The number of likely N-dealkylation sites (N-methyl/N-ethyl adjacent to an activating group) is 1. The van der Waals surface area contributed by atoms with Crippen LogP contribution in [0.4, 0.5) is 4.39 Å². The summed E-state index contributed by atoms with van der Waals surface area (Å²) in [5, 5.41) is 5.97. The zero-order valence-corrected chi connectivity index (χ0v) is 11.0. The van der Waals surface area contributed by atoms with Crippen LogP contribution in [-0.2, 0) is 4.79 Å². The first-order valence-corrected chi connectivity index (χ1v) is 6.36. The molecule has 0 radical (unpaired) electrons. The van der Waals surface area contributed by atoms with Gasteiger partial charge >= 0.3 is 0 Å². The third-order valence-corrected chi connectivity index (χ3v) is 2.78. The van der Waals surface area contributed by atoms with E-state index in [0.717, 1.165) is 18.7 Å². The number of benzene rings is 1. The van der Waals surface area contributed by atoms with Gasteiger partial charge in [-0.3, -0.25) is 4.79 Å². The van der Waals surface area contributed by atoms with Crippen LogP contribution in [0.15, 0.2) is 24.3 Å². The monoisotopic (exact) mass is 252 g/mol.